The number of carbonyl (C=O) groups is 2. The first-order valence-corrected chi connectivity index (χ1v) is 10.6. The van der Waals surface area contributed by atoms with Crippen molar-refractivity contribution in [3.8, 4) is 0 Å². The van der Waals surface area contributed by atoms with Gasteiger partial charge in [-0.05, 0) is 57.4 Å². The van der Waals surface area contributed by atoms with Crippen molar-refractivity contribution in [2.24, 2.45) is 0 Å². The number of halogens is 1. The molecule has 0 spiro atoms. The number of rotatable bonds is 6. The van der Waals surface area contributed by atoms with Crippen molar-refractivity contribution in [3.05, 3.63) is 58.5 Å². The number of aromatic nitrogens is 3. The summed E-state index contributed by atoms with van der Waals surface area (Å²) in [6.45, 7) is 9.16. The van der Waals surface area contributed by atoms with Gasteiger partial charge in [0, 0.05) is 18.0 Å². The van der Waals surface area contributed by atoms with Crippen molar-refractivity contribution < 1.29 is 14.7 Å². The van der Waals surface area contributed by atoms with Crippen molar-refractivity contribution >= 4 is 34.6 Å². The van der Waals surface area contributed by atoms with Crippen molar-refractivity contribution in [1.29, 1.82) is 0 Å². The highest BCUT2D eigenvalue weighted by Crippen LogP contribution is 2.28. The smallest absolute Gasteiger partial charge is 0.261 e. The van der Waals surface area contributed by atoms with Crippen LogP contribution in [0.25, 0.3) is 5.65 Å². The Morgan fingerprint density at radius 3 is 2.48 bits per heavy atom. The van der Waals surface area contributed by atoms with Crippen LogP contribution in [-0.4, -0.2) is 37.0 Å². The maximum atomic E-state index is 12.5. The Labute approximate surface area is 187 Å². The zero-order valence-electron chi connectivity index (χ0n) is 18.6. The van der Waals surface area contributed by atoms with Crippen LogP contribution in [0.3, 0.4) is 0 Å². The fourth-order valence-electron chi connectivity index (χ4n) is 3.12. The molecule has 2 heterocycles. The largest absolute Gasteiger partial charge is 0.390 e. The van der Waals surface area contributed by atoms with Crippen LogP contribution in [0, 0.1) is 0 Å². The summed E-state index contributed by atoms with van der Waals surface area (Å²) in [6.07, 6.45) is 7.38. The van der Waals surface area contributed by atoms with Crippen LogP contribution in [-0.2, 0) is 6.42 Å². The van der Waals surface area contributed by atoms with Gasteiger partial charge in [0.1, 0.15) is 5.56 Å². The van der Waals surface area contributed by atoms with E-state index in [-0.39, 0.29) is 11.7 Å². The third kappa shape index (κ3) is 6.60. The van der Waals surface area contributed by atoms with Gasteiger partial charge in [-0.3, -0.25) is 9.59 Å². The predicted molar refractivity (Wildman–Crippen MR) is 123 cm³/mol. The van der Waals surface area contributed by atoms with Gasteiger partial charge >= 0.3 is 0 Å². The summed E-state index contributed by atoms with van der Waals surface area (Å²) in [4.78, 5) is 28.4. The summed E-state index contributed by atoms with van der Waals surface area (Å²) in [7, 11) is 0. The summed E-state index contributed by atoms with van der Waals surface area (Å²) in [6, 6.07) is 5.05. The maximum Gasteiger partial charge on any atom is 0.261 e. The molecule has 0 saturated heterocycles. The third-order valence-electron chi connectivity index (χ3n) is 4.59. The predicted octanol–water partition coefficient (Wildman–Crippen LogP) is 4.96. The molecule has 0 unspecified atom stereocenters. The minimum Gasteiger partial charge on any atom is -0.390 e. The fraction of sp³-hybridized carbons (Fsp3) is 0.391. The van der Waals surface area contributed by atoms with E-state index < -0.39 is 5.60 Å². The molecule has 0 aliphatic heterocycles. The molecule has 0 atom stereocenters. The normalized spacial score (nSPS) is 11.1. The molecule has 3 aromatic rings. The van der Waals surface area contributed by atoms with E-state index in [4.69, 9.17) is 16.7 Å². The Hall–Kier alpha value is -2.77. The van der Waals surface area contributed by atoms with Crippen LogP contribution in [0.15, 0.2) is 36.8 Å². The van der Waals surface area contributed by atoms with Gasteiger partial charge < -0.3 is 10.4 Å². The quantitative estimate of drug-likeness (QED) is 0.524. The van der Waals surface area contributed by atoms with Gasteiger partial charge in [-0.25, -0.2) is 9.50 Å². The van der Waals surface area contributed by atoms with Gasteiger partial charge in [0.2, 0.25) is 0 Å². The molecule has 7 nitrogen and oxygen atoms in total. The first kappa shape index (κ1) is 24.5. The Morgan fingerprint density at radius 1 is 1.23 bits per heavy atom. The SMILES string of the molecule is CCCC(C)(C)O.CCc1cc(NC(=O)c2cnn3cccnc23)c(Cl)cc1C(C)=O. The Kier molecular flexibility index (Phi) is 8.30. The molecule has 8 heteroatoms. The molecule has 3 rings (SSSR count). The van der Waals surface area contributed by atoms with E-state index in [1.165, 1.54) is 17.6 Å². The zero-order chi connectivity index (χ0) is 23.2. The topological polar surface area (TPSA) is 96.6 Å². The van der Waals surface area contributed by atoms with Crippen molar-refractivity contribution in [2.75, 3.05) is 5.32 Å². The van der Waals surface area contributed by atoms with Crippen LogP contribution in [0.1, 0.15) is 73.7 Å². The van der Waals surface area contributed by atoms with E-state index in [1.54, 1.807) is 30.6 Å². The number of aliphatic hydroxyl groups is 1. The molecule has 2 aromatic heterocycles. The molecule has 1 amide bonds. The van der Waals surface area contributed by atoms with Crippen LogP contribution in [0.2, 0.25) is 5.02 Å². The molecule has 0 radical (unpaired) electrons. The number of hydrogen-bond donors (Lipinski definition) is 2. The number of amides is 1. The van der Waals surface area contributed by atoms with Crippen LogP contribution in [0.4, 0.5) is 5.69 Å². The Morgan fingerprint density at radius 2 is 1.94 bits per heavy atom. The average molecular weight is 445 g/mol. The lowest BCUT2D eigenvalue weighted by Crippen LogP contribution is -2.16. The molecule has 1 aromatic carbocycles. The minimum absolute atomic E-state index is 0.0570. The average Bonchev–Trinajstić information content (AvgIpc) is 3.13. The highest BCUT2D eigenvalue weighted by molar-refractivity contribution is 6.34. The van der Waals surface area contributed by atoms with Gasteiger partial charge in [-0.2, -0.15) is 5.10 Å². The molecule has 166 valence electrons. The number of benzene rings is 1. The summed E-state index contributed by atoms with van der Waals surface area (Å²) >= 11 is 6.22. The molecular weight excluding hydrogens is 416 g/mol. The van der Waals surface area contributed by atoms with Crippen molar-refractivity contribution in [1.82, 2.24) is 14.6 Å². The molecule has 2 N–H and O–H groups in total. The lowest BCUT2D eigenvalue weighted by atomic mass is 10.0. The monoisotopic (exact) mass is 444 g/mol. The highest BCUT2D eigenvalue weighted by atomic mass is 35.5. The lowest BCUT2D eigenvalue weighted by Gasteiger charge is -2.14. The number of aryl methyl sites for hydroxylation is 1. The van der Waals surface area contributed by atoms with E-state index in [9.17, 15) is 9.59 Å². The summed E-state index contributed by atoms with van der Waals surface area (Å²) in [5.41, 5.74) is 2.22. The maximum absolute atomic E-state index is 12.5. The number of hydrogen-bond acceptors (Lipinski definition) is 5. The first-order valence-electron chi connectivity index (χ1n) is 10.2. The van der Waals surface area contributed by atoms with E-state index in [1.807, 2.05) is 20.8 Å². The Balaban J connectivity index is 0.000000423. The zero-order valence-corrected chi connectivity index (χ0v) is 19.3. The number of carbonyl (C=O) groups excluding carboxylic acids is 2. The molecule has 0 aliphatic carbocycles. The molecule has 0 saturated carbocycles. The number of nitrogens with one attached hydrogen (secondary N) is 1. The van der Waals surface area contributed by atoms with Crippen LogP contribution >= 0.6 is 11.6 Å². The summed E-state index contributed by atoms with van der Waals surface area (Å²) < 4.78 is 1.52. The van der Waals surface area contributed by atoms with Gasteiger partial charge in [-0.1, -0.05) is 31.9 Å². The fourth-order valence-corrected chi connectivity index (χ4v) is 3.33. The third-order valence-corrected chi connectivity index (χ3v) is 4.90. The second-order valence-corrected chi connectivity index (χ2v) is 8.27. The number of Topliss-reactive ketones (excluding diaryl/α,β-unsaturated/α-hetero) is 1. The van der Waals surface area contributed by atoms with Crippen LogP contribution in [0.5, 0.6) is 0 Å². The molecule has 0 aliphatic rings. The highest BCUT2D eigenvalue weighted by Gasteiger charge is 2.17. The molecule has 31 heavy (non-hydrogen) atoms. The number of anilines is 1. The number of fused-ring (bicyclic) bond motifs is 1. The van der Waals surface area contributed by atoms with E-state index in [0.717, 1.165) is 18.4 Å². The Bertz CT molecular complexity index is 1070. The van der Waals surface area contributed by atoms with Crippen molar-refractivity contribution in [3.63, 3.8) is 0 Å². The van der Waals surface area contributed by atoms with Gasteiger partial charge in [0.25, 0.3) is 5.91 Å². The van der Waals surface area contributed by atoms with Crippen LogP contribution < -0.4 is 5.32 Å². The van der Waals surface area contributed by atoms with E-state index in [0.29, 0.717) is 33.9 Å². The minimum atomic E-state index is -0.450. The number of ketones is 1. The van der Waals surface area contributed by atoms with Gasteiger partial charge in [-0.15, -0.1) is 0 Å². The second-order valence-electron chi connectivity index (χ2n) is 7.86. The first-order chi connectivity index (χ1) is 14.6. The van der Waals surface area contributed by atoms with E-state index >= 15 is 0 Å². The van der Waals surface area contributed by atoms with Gasteiger partial charge in [0.15, 0.2) is 11.4 Å². The lowest BCUT2D eigenvalue weighted by molar-refractivity contribution is 0.0702. The molecule has 0 fully saturated rings. The standard InChI is InChI=1S/C17H15ClN4O2.C6H14O/c1-3-11-7-15(14(18)8-12(11)10(2)23)21-17(24)13-9-20-22-6-4-5-19-16(13)22;1-4-5-6(2,3)7/h4-9H,3H2,1-2H3,(H,21,24);7H,4-5H2,1-3H3. The summed E-state index contributed by atoms with van der Waals surface area (Å²) in [5.74, 6) is -0.415. The molecule has 0 bridgehead atoms. The second kappa shape index (κ2) is 10.5. The summed E-state index contributed by atoms with van der Waals surface area (Å²) in [5, 5.41) is 16.2. The van der Waals surface area contributed by atoms with E-state index in [2.05, 4.69) is 22.3 Å². The molecular formula is C23H29ClN4O3. The number of nitrogens with zero attached hydrogens (tertiary/aromatic N) is 3. The van der Waals surface area contributed by atoms with Gasteiger partial charge in [0.05, 0.1) is 22.5 Å². The van der Waals surface area contributed by atoms with Crippen molar-refractivity contribution in [2.45, 2.75) is 59.5 Å².